The van der Waals surface area contributed by atoms with Gasteiger partial charge in [0.1, 0.15) is 37.9 Å². The van der Waals surface area contributed by atoms with E-state index in [1.165, 1.54) is 0 Å². The van der Waals surface area contributed by atoms with Gasteiger partial charge in [-0.25, -0.2) is 9.59 Å². The molecule has 0 unspecified atom stereocenters. The molecule has 0 aliphatic carbocycles. The second-order valence-electron chi connectivity index (χ2n) is 8.92. The fourth-order valence-corrected chi connectivity index (χ4v) is 3.50. The zero-order valence-electron chi connectivity index (χ0n) is 23.5. The first-order valence-corrected chi connectivity index (χ1v) is 13.2. The fourth-order valence-electron chi connectivity index (χ4n) is 3.50. The Kier molecular flexibility index (Phi) is 12.7. The summed E-state index contributed by atoms with van der Waals surface area (Å²) < 4.78 is 39.6. The van der Waals surface area contributed by atoms with Crippen LogP contribution in [0.25, 0.3) is 10.8 Å². The molecule has 0 saturated carbocycles. The third kappa shape index (κ3) is 10.3. The molecule has 3 aromatic rings. The first kappa shape index (κ1) is 31.2. The average Bonchev–Trinajstić information content (AvgIpc) is 2.97. The predicted octanol–water partition coefficient (Wildman–Crippen LogP) is 5.66. The number of hydrogen-bond acceptors (Lipinski definition) is 9. The minimum atomic E-state index is -0.447. The normalized spacial score (nSPS) is 10.6. The van der Waals surface area contributed by atoms with E-state index < -0.39 is 11.9 Å². The van der Waals surface area contributed by atoms with Gasteiger partial charge >= 0.3 is 11.9 Å². The summed E-state index contributed by atoms with van der Waals surface area (Å²) in [6.07, 6.45) is 0. The van der Waals surface area contributed by atoms with Crippen LogP contribution in [0.4, 0.5) is 0 Å². The molecule has 0 bridgehead atoms. The van der Waals surface area contributed by atoms with Crippen molar-refractivity contribution in [3.63, 3.8) is 0 Å². The van der Waals surface area contributed by atoms with Crippen molar-refractivity contribution in [2.75, 3.05) is 52.9 Å². The van der Waals surface area contributed by atoms with Gasteiger partial charge in [-0.15, -0.1) is 0 Å². The predicted molar refractivity (Wildman–Crippen MR) is 155 cm³/mol. The molecule has 0 amide bonds. The number of benzene rings is 3. The summed E-state index contributed by atoms with van der Waals surface area (Å²) >= 11 is 0. The molecular formula is C32H36O9. The molecule has 0 N–H and O–H groups in total. The first-order valence-electron chi connectivity index (χ1n) is 13.2. The summed E-state index contributed by atoms with van der Waals surface area (Å²) in [6.45, 7) is 12.1. The molecule has 218 valence electrons. The molecule has 0 heterocycles. The molecule has 3 rings (SSSR count). The Morgan fingerprint density at radius 3 is 1.71 bits per heavy atom. The van der Waals surface area contributed by atoms with E-state index in [-0.39, 0.29) is 46.2 Å². The summed E-state index contributed by atoms with van der Waals surface area (Å²) in [6, 6.07) is 18.9. The number of para-hydroxylation sites is 1. The van der Waals surface area contributed by atoms with Gasteiger partial charge < -0.3 is 33.2 Å². The number of fused-ring (bicyclic) bond motifs is 1. The highest BCUT2D eigenvalue weighted by Crippen LogP contribution is 2.43. The van der Waals surface area contributed by atoms with Gasteiger partial charge in [0.15, 0.2) is 11.5 Å². The molecule has 0 aromatic heterocycles. The smallest absolute Gasteiger partial charge is 0.333 e. The number of carbonyl (C=O) groups is 2. The molecule has 0 fully saturated rings. The van der Waals surface area contributed by atoms with Crippen molar-refractivity contribution in [2.24, 2.45) is 0 Å². The van der Waals surface area contributed by atoms with Crippen LogP contribution in [0.5, 0.6) is 23.0 Å². The molecule has 0 atom stereocenters. The minimum Gasteiger partial charge on any atom is -0.490 e. The Balaban J connectivity index is 1.65. The van der Waals surface area contributed by atoms with Gasteiger partial charge in [-0.3, -0.25) is 0 Å². The minimum absolute atomic E-state index is 0.131. The Labute approximate surface area is 240 Å². The van der Waals surface area contributed by atoms with E-state index in [1.807, 2.05) is 54.6 Å². The maximum atomic E-state index is 11.5. The van der Waals surface area contributed by atoms with E-state index in [0.717, 1.165) is 10.8 Å². The summed E-state index contributed by atoms with van der Waals surface area (Å²) in [5.41, 5.74) is 0.683. The summed E-state index contributed by atoms with van der Waals surface area (Å²) in [4.78, 5) is 22.9. The average molecular weight is 565 g/mol. The molecule has 0 aliphatic heterocycles. The van der Waals surface area contributed by atoms with Crippen molar-refractivity contribution >= 4 is 22.7 Å². The molecular weight excluding hydrogens is 528 g/mol. The monoisotopic (exact) mass is 564 g/mol. The maximum Gasteiger partial charge on any atom is 0.333 e. The summed E-state index contributed by atoms with van der Waals surface area (Å²) in [5.74, 6) is 1.38. The topological polar surface area (TPSA) is 98.8 Å². The number of esters is 2. The molecule has 0 spiro atoms. The van der Waals surface area contributed by atoms with Gasteiger partial charge in [-0.05, 0) is 26.0 Å². The molecule has 0 saturated heterocycles. The second-order valence-corrected chi connectivity index (χ2v) is 8.92. The molecule has 9 heteroatoms. The maximum absolute atomic E-state index is 11.5. The van der Waals surface area contributed by atoms with Crippen LogP contribution in [0.1, 0.15) is 13.8 Å². The van der Waals surface area contributed by atoms with Crippen LogP contribution in [-0.4, -0.2) is 64.8 Å². The van der Waals surface area contributed by atoms with Crippen LogP contribution in [0.3, 0.4) is 0 Å². The highest BCUT2D eigenvalue weighted by molar-refractivity contribution is 5.95. The van der Waals surface area contributed by atoms with Gasteiger partial charge in [-0.2, -0.15) is 0 Å². The van der Waals surface area contributed by atoms with Gasteiger partial charge in [0.05, 0.1) is 26.4 Å². The fraction of sp³-hybridized carbons (Fsp3) is 0.312. The Hall–Kier alpha value is -4.34. The van der Waals surface area contributed by atoms with Crippen LogP contribution in [0.2, 0.25) is 0 Å². The van der Waals surface area contributed by atoms with Crippen LogP contribution in [0, 0.1) is 0 Å². The third-order valence-electron chi connectivity index (χ3n) is 5.47. The molecule has 9 nitrogen and oxygen atoms in total. The van der Waals surface area contributed by atoms with Crippen molar-refractivity contribution in [1.29, 1.82) is 0 Å². The van der Waals surface area contributed by atoms with E-state index in [2.05, 4.69) is 13.2 Å². The highest BCUT2D eigenvalue weighted by Gasteiger charge is 2.17. The Morgan fingerprint density at radius 1 is 0.610 bits per heavy atom. The zero-order valence-corrected chi connectivity index (χ0v) is 23.5. The standard InChI is InChI=1S/C32H36O9/c1-23(2)31(33)39-20-16-35-14-18-37-28-22-29(41-25-10-6-5-7-11-25)30(27-13-9-8-12-26(27)28)38-19-15-36-17-21-40-32(34)24(3)4/h5-13,22H,1,3,14-21H2,2,4H3. The number of carbonyl (C=O) groups excluding carboxylic acids is 2. The lowest BCUT2D eigenvalue weighted by Gasteiger charge is -2.18. The summed E-state index contributed by atoms with van der Waals surface area (Å²) in [5, 5.41) is 1.64. The van der Waals surface area contributed by atoms with Gasteiger partial charge in [0, 0.05) is 28.0 Å². The first-order chi connectivity index (χ1) is 19.9. The van der Waals surface area contributed by atoms with Crippen LogP contribution < -0.4 is 14.2 Å². The van der Waals surface area contributed by atoms with Crippen molar-refractivity contribution in [3.8, 4) is 23.0 Å². The van der Waals surface area contributed by atoms with Crippen molar-refractivity contribution in [2.45, 2.75) is 13.8 Å². The van der Waals surface area contributed by atoms with Crippen molar-refractivity contribution in [1.82, 2.24) is 0 Å². The Bertz CT molecular complexity index is 1320. The molecule has 41 heavy (non-hydrogen) atoms. The lowest BCUT2D eigenvalue weighted by molar-refractivity contribution is -0.141. The van der Waals surface area contributed by atoms with Gasteiger partial charge in [-0.1, -0.05) is 55.6 Å². The lowest BCUT2D eigenvalue weighted by atomic mass is 10.1. The SMILES string of the molecule is C=C(C)C(=O)OCCOCCOc1cc(Oc2ccccc2)c(OCCOCCOC(=O)C(=C)C)c2ccccc12. The van der Waals surface area contributed by atoms with Crippen LogP contribution in [-0.2, 0) is 28.5 Å². The number of ether oxygens (including phenoxy) is 7. The number of rotatable bonds is 18. The van der Waals surface area contributed by atoms with E-state index in [1.54, 1.807) is 19.9 Å². The molecule has 0 radical (unpaired) electrons. The van der Waals surface area contributed by atoms with E-state index in [9.17, 15) is 9.59 Å². The quantitative estimate of drug-likeness (QED) is 0.110. The van der Waals surface area contributed by atoms with Crippen molar-refractivity contribution in [3.05, 3.63) is 85.0 Å². The van der Waals surface area contributed by atoms with E-state index in [0.29, 0.717) is 40.8 Å². The van der Waals surface area contributed by atoms with Gasteiger partial charge in [0.2, 0.25) is 0 Å². The lowest BCUT2D eigenvalue weighted by Crippen LogP contribution is -2.14. The van der Waals surface area contributed by atoms with Crippen LogP contribution >= 0.6 is 0 Å². The van der Waals surface area contributed by atoms with E-state index >= 15 is 0 Å². The Morgan fingerprint density at radius 2 is 1.12 bits per heavy atom. The molecule has 3 aromatic carbocycles. The molecule has 0 aliphatic rings. The second kappa shape index (κ2) is 16.7. The third-order valence-corrected chi connectivity index (χ3v) is 5.47. The van der Waals surface area contributed by atoms with E-state index in [4.69, 9.17) is 33.2 Å². The summed E-state index contributed by atoms with van der Waals surface area (Å²) in [7, 11) is 0. The van der Waals surface area contributed by atoms with Gasteiger partial charge in [0.25, 0.3) is 0 Å². The highest BCUT2D eigenvalue weighted by atomic mass is 16.6. The number of hydrogen-bond donors (Lipinski definition) is 0. The largest absolute Gasteiger partial charge is 0.490 e. The van der Waals surface area contributed by atoms with Crippen LogP contribution in [0.15, 0.2) is 85.0 Å². The van der Waals surface area contributed by atoms with Crippen molar-refractivity contribution < 1.29 is 42.7 Å². The zero-order chi connectivity index (χ0) is 29.5.